The molecule has 0 radical (unpaired) electrons. The van der Waals surface area contributed by atoms with Crippen molar-refractivity contribution >= 4 is 18.3 Å². The highest BCUT2D eigenvalue weighted by Crippen LogP contribution is 2.27. The normalized spacial score (nSPS) is 19.9. The summed E-state index contributed by atoms with van der Waals surface area (Å²) >= 11 is 0. The number of piperidine rings is 1. The highest BCUT2D eigenvalue weighted by atomic mass is 35.5. The number of ether oxygens (including phenoxy) is 1. The van der Waals surface area contributed by atoms with Crippen LogP contribution in [0.4, 0.5) is 4.39 Å². The molecule has 142 valence electrons. The number of halogens is 2. The van der Waals surface area contributed by atoms with Crippen LogP contribution in [0.5, 0.6) is 0 Å². The summed E-state index contributed by atoms with van der Waals surface area (Å²) in [7, 11) is 1.83. The van der Waals surface area contributed by atoms with E-state index in [0.717, 1.165) is 17.7 Å². The summed E-state index contributed by atoms with van der Waals surface area (Å²) in [6.45, 7) is 1.49. The van der Waals surface area contributed by atoms with Gasteiger partial charge in [-0.25, -0.2) is 4.39 Å². The van der Waals surface area contributed by atoms with E-state index in [9.17, 15) is 9.18 Å². The number of amides is 1. The second-order valence-electron chi connectivity index (χ2n) is 6.39. The average molecular weight is 383 g/mol. The standard InChI is InChI=1S/C18H23FN4O2.ClH/c1-22-15(6-8-21-22)11-25-12-18(24)23-9-7-16(17(20)10-23)13-2-4-14(19)5-3-13;/h2-6,8,16-17H,7,9-12,20H2,1H3;1H/t16-,17+;/m0./s1. The van der Waals surface area contributed by atoms with Crippen molar-refractivity contribution in [1.82, 2.24) is 14.7 Å². The third-order valence-corrected chi connectivity index (χ3v) is 4.71. The van der Waals surface area contributed by atoms with Crippen molar-refractivity contribution in [2.24, 2.45) is 12.8 Å². The molecule has 1 saturated heterocycles. The minimum atomic E-state index is -0.254. The number of hydrogen-bond acceptors (Lipinski definition) is 4. The molecule has 2 heterocycles. The molecular weight excluding hydrogens is 359 g/mol. The summed E-state index contributed by atoms with van der Waals surface area (Å²) in [5.74, 6) is -0.175. The van der Waals surface area contributed by atoms with Gasteiger partial charge in [-0.05, 0) is 30.2 Å². The van der Waals surface area contributed by atoms with Gasteiger partial charge in [-0.3, -0.25) is 9.48 Å². The monoisotopic (exact) mass is 382 g/mol. The minimum Gasteiger partial charge on any atom is -0.365 e. The lowest BCUT2D eigenvalue weighted by molar-refractivity contribution is -0.138. The van der Waals surface area contributed by atoms with Crippen molar-refractivity contribution in [2.45, 2.75) is 25.0 Å². The molecule has 0 aliphatic carbocycles. The fourth-order valence-electron chi connectivity index (χ4n) is 3.21. The predicted molar refractivity (Wildman–Crippen MR) is 98.4 cm³/mol. The molecule has 0 unspecified atom stereocenters. The number of carbonyl (C=O) groups is 1. The number of likely N-dealkylation sites (tertiary alicyclic amines) is 1. The molecule has 3 rings (SSSR count). The van der Waals surface area contributed by atoms with Gasteiger partial charge in [0.25, 0.3) is 0 Å². The van der Waals surface area contributed by atoms with Crippen molar-refractivity contribution in [2.75, 3.05) is 19.7 Å². The van der Waals surface area contributed by atoms with E-state index >= 15 is 0 Å². The molecule has 1 aromatic carbocycles. The molecule has 0 saturated carbocycles. The largest absolute Gasteiger partial charge is 0.365 e. The van der Waals surface area contributed by atoms with Crippen LogP contribution in [0.3, 0.4) is 0 Å². The number of hydrogen-bond donors (Lipinski definition) is 1. The molecule has 2 atom stereocenters. The molecule has 1 fully saturated rings. The maximum atomic E-state index is 13.1. The third-order valence-electron chi connectivity index (χ3n) is 4.71. The Morgan fingerprint density at radius 3 is 2.69 bits per heavy atom. The van der Waals surface area contributed by atoms with Crippen LogP contribution in [0.2, 0.25) is 0 Å². The maximum Gasteiger partial charge on any atom is 0.248 e. The van der Waals surface area contributed by atoms with Crippen LogP contribution >= 0.6 is 12.4 Å². The molecule has 2 N–H and O–H groups in total. The van der Waals surface area contributed by atoms with Crippen LogP contribution in [0.1, 0.15) is 23.6 Å². The van der Waals surface area contributed by atoms with Crippen molar-refractivity contribution in [3.63, 3.8) is 0 Å². The topological polar surface area (TPSA) is 73.4 Å². The number of aryl methyl sites for hydroxylation is 1. The summed E-state index contributed by atoms with van der Waals surface area (Å²) in [5, 5.41) is 4.06. The Labute approximate surface area is 158 Å². The molecule has 1 aromatic heterocycles. The molecule has 1 aliphatic heterocycles. The number of carbonyl (C=O) groups excluding carboxylic acids is 1. The van der Waals surface area contributed by atoms with Gasteiger partial charge in [0.2, 0.25) is 5.91 Å². The first kappa shape index (κ1) is 20.4. The Hall–Kier alpha value is -1.96. The predicted octanol–water partition coefficient (Wildman–Crippen LogP) is 1.84. The molecule has 0 bridgehead atoms. The molecule has 0 spiro atoms. The van der Waals surface area contributed by atoms with E-state index in [1.54, 1.807) is 27.9 Å². The molecule has 8 heteroatoms. The van der Waals surface area contributed by atoms with E-state index in [0.29, 0.717) is 19.7 Å². The van der Waals surface area contributed by atoms with Gasteiger partial charge in [0, 0.05) is 38.3 Å². The summed E-state index contributed by atoms with van der Waals surface area (Å²) in [4.78, 5) is 14.1. The molecular formula is C18H24ClFN4O2. The minimum absolute atomic E-state index is 0. The average Bonchev–Trinajstić information content (AvgIpc) is 3.01. The summed E-state index contributed by atoms with van der Waals surface area (Å²) < 4.78 is 20.3. The van der Waals surface area contributed by atoms with E-state index < -0.39 is 0 Å². The Bertz CT molecular complexity index is 722. The van der Waals surface area contributed by atoms with Gasteiger partial charge < -0.3 is 15.4 Å². The zero-order valence-corrected chi connectivity index (χ0v) is 15.5. The number of rotatable bonds is 5. The number of aromatic nitrogens is 2. The lowest BCUT2D eigenvalue weighted by Crippen LogP contribution is -2.50. The van der Waals surface area contributed by atoms with Crippen LogP contribution < -0.4 is 5.73 Å². The summed E-state index contributed by atoms with van der Waals surface area (Å²) in [5.41, 5.74) is 8.20. The third kappa shape index (κ3) is 4.81. The van der Waals surface area contributed by atoms with Crippen LogP contribution in [0.15, 0.2) is 36.5 Å². The number of nitrogens with two attached hydrogens (primary N) is 1. The smallest absolute Gasteiger partial charge is 0.248 e. The quantitative estimate of drug-likeness (QED) is 0.856. The van der Waals surface area contributed by atoms with E-state index in [2.05, 4.69) is 5.10 Å². The van der Waals surface area contributed by atoms with E-state index in [4.69, 9.17) is 10.5 Å². The highest BCUT2D eigenvalue weighted by molar-refractivity contribution is 5.85. The van der Waals surface area contributed by atoms with Crippen LogP contribution in [0.25, 0.3) is 0 Å². The zero-order valence-electron chi connectivity index (χ0n) is 14.7. The Morgan fingerprint density at radius 1 is 1.35 bits per heavy atom. The Kier molecular flexibility index (Phi) is 7.14. The summed E-state index contributed by atoms with van der Waals surface area (Å²) in [6, 6.07) is 8.13. The second kappa shape index (κ2) is 9.12. The van der Waals surface area contributed by atoms with E-state index in [1.807, 2.05) is 13.1 Å². The van der Waals surface area contributed by atoms with Crippen LogP contribution in [-0.4, -0.2) is 46.3 Å². The van der Waals surface area contributed by atoms with Gasteiger partial charge in [-0.2, -0.15) is 5.10 Å². The highest BCUT2D eigenvalue weighted by Gasteiger charge is 2.30. The maximum absolute atomic E-state index is 13.1. The van der Waals surface area contributed by atoms with Crippen molar-refractivity contribution < 1.29 is 13.9 Å². The second-order valence-corrected chi connectivity index (χ2v) is 6.39. The number of benzene rings is 1. The lowest BCUT2D eigenvalue weighted by Gasteiger charge is -2.37. The first-order valence-corrected chi connectivity index (χ1v) is 8.38. The van der Waals surface area contributed by atoms with Gasteiger partial charge in [-0.1, -0.05) is 12.1 Å². The van der Waals surface area contributed by atoms with Crippen LogP contribution in [-0.2, 0) is 23.2 Å². The first-order valence-electron chi connectivity index (χ1n) is 8.38. The van der Waals surface area contributed by atoms with Crippen molar-refractivity contribution in [3.05, 3.63) is 53.6 Å². The fraction of sp³-hybridized carbons (Fsp3) is 0.444. The molecule has 1 aliphatic rings. The van der Waals surface area contributed by atoms with Gasteiger partial charge in [0.1, 0.15) is 12.4 Å². The van der Waals surface area contributed by atoms with Gasteiger partial charge in [-0.15, -0.1) is 12.4 Å². The molecule has 6 nitrogen and oxygen atoms in total. The fourth-order valence-corrected chi connectivity index (χ4v) is 3.21. The Balaban J connectivity index is 0.00000243. The van der Waals surface area contributed by atoms with Gasteiger partial charge >= 0.3 is 0 Å². The lowest BCUT2D eigenvalue weighted by atomic mass is 9.86. The SMILES string of the molecule is Cl.Cn1nccc1COCC(=O)N1CC[C@@H](c2ccc(F)cc2)[C@H](N)C1. The van der Waals surface area contributed by atoms with E-state index in [-0.39, 0.29) is 42.7 Å². The van der Waals surface area contributed by atoms with Crippen molar-refractivity contribution in [1.29, 1.82) is 0 Å². The Morgan fingerprint density at radius 2 is 2.08 bits per heavy atom. The summed E-state index contributed by atoms with van der Waals surface area (Å²) in [6.07, 6.45) is 2.46. The molecule has 1 amide bonds. The van der Waals surface area contributed by atoms with Gasteiger partial charge in [0.05, 0.1) is 12.3 Å². The zero-order chi connectivity index (χ0) is 17.8. The van der Waals surface area contributed by atoms with Crippen molar-refractivity contribution in [3.8, 4) is 0 Å². The molecule has 26 heavy (non-hydrogen) atoms. The van der Waals surface area contributed by atoms with Crippen LogP contribution in [0, 0.1) is 5.82 Å². The van der Waals surface area contributed by atoms with Gasteiger partial charge in [0.15, 0.2) is 0 Å². The number of nitrogens with zero attached hydrogens (tertiary/aromatic N) is 3. The first-order chi connectivity index (χ1) is 12.0. The molecule has 2 aromatic rings. The van der Waals surface area contributed by atoms with E-state index in [1.165, 1.54) is 12.1 Å².